The fourth-order valence-corrected chi connectivity index (χ4v) is 3.43. The Labute approximate surface area is 156 Å². The second kappa shape index (κ2) is 7.92. The molecule has 0 aliphatic carbocycles. The summed E-state index contributed by atoms with van der Waals surface area (Å²) in [6, 6.07) is 6.91. The van der Waals surface area contributed by atoms with E-state index in [0.717, 1.165) is 22.7 Å². The van der Waals surface area contributed by atoms with Gasteiger partial charge in [-0.15, -0.1) is 0 Å². The van der Waals surface area contributed by atoms with Crippen molar-refractivity contribution in [1.82, 2.24) is 14.9 Å². The minimum absolute atomic E-state index is 0.230. The molecule has 1 aliphatic heterocycles. The van der Waals surface area contributed by atoms with Crippen LogP contribution in [0.3, 0.4) is 0 Å². The topological polar surface area (TPSA) is 112 Å². The highest BCUT2D eigenvalue weighted by atomic mass is 32.2. The molecule has 0 radical (unpaired) electrons. The van der Waals surface area contributed by atoms with E-state index in [9.17, 15) is 14.7 Å². The van der Waals surface area contributed by atoms with Crippen LogP contribution < -0.4 is 5.73 Å². The molecule has 8 heteroatoms. The minimum Gasteiger partial charge on any atom is -0.383 e. The van der Waals surface area contributed by atoms with Gasteiger partial charge in [0.1, 0.15) is 11.9 Å². The van der Waals surface area contributed by atoms with Crippen LogP contribution >= 0.6 is 11.8 Å². The SMILES string of the molecule is CSCC[C@@H](O)C(=O)N1CCc2nc(-c3ccc(C(N)=O)cc3)[nH]c2C1. The molecule has 0 bridgehead atoms. The number of aliphatic hydroxyl groups excluding tert-OH is 1. The van der Waals surface area contributed by atoms with E-state index in [1.807, 2.05) is 6.26 Å². The minimum atomic E-state index is -0.951. The van der Waals surface area contributed by atoms with Crippen molar-refractivity contribution in [1.29, 1.82) is 0 Å². The summed E-state index contributed by atoms with van der Waals surface area (Å²) < 4.78 is 0. The molecule has 2 aromatic rings. The summed E-state index contributed by atoms with van der Waals surface area (Å²) in [6.45, 7) is 0.962. The molecule has 0 spiro atoms. The molecular weight excluding hydrogens is 352 g/mol. The maximum atomic E-state index is 12.4. The number of H-pyrrole nitrogens is 1. The molecule has 1 atom stereocenters. The Morgan fingerprint density at radius 1 is 1.38 bits per heavy atom. The maximum absolute atomic E-state index is 12.4. The van der Waals surface area contributed by atoms with Crippen molar-refractivity contribution < 1.29 is 14.7 Å². The predicted molar refractivity (Wildman–Crippen MR) is 101 cm³/mol. The monoisotopic (exact) mass is 374 g/mol. The number of nitrogens with one attached hydrogen (secondary N) is 1. The Morgan fingerprint density at radius 2 is 2.12 bits per heavy atom. The van der Waals surface area contributed by atoms with E-state index >= 15 is 0 Å². The van der Waals surface area contributed by atoms with Gasteiger partial charge in [-0.25, -0.2) is 4.98 Å². The van der Waals surface area contributed by atoms with Crippen molar-refractivity contribution in [2.24, 2.45) is 5.73 Å². The van der Waals surface area contributed by atoms with Crippen LogP contribution in [0.25, 0.3) is 11.4 Å². The van der Waals surface area contributed by atoms with Crippen molar-refractivity contribution in [2.75, 3.05) is 18.6 Å². The number of primary amides is 1. The van der Waals surface area contributed by atoms with E-state index in [-0.39, 0.29) is 5.91 Å². The smallest absolute Gasteiger partial charge is 0.251 e. The van der Waals surface area contributed by atoms with E-state index in [2.05, 4.69) is 9.97 Å². The summed E-state index contributed by atoms with van der Waals surface area (Å²) in [5.74, 6) is 0.751. The molecule has 2 amide bonds. The molecule has 0 fully saturated rings. The van der Waals surface area contributed by atoms with Gasteiger partial charge in [-0.1, -0.05) is 12.1 Å². The highest BCUT2D eigenvalue weighted by Crippen LogP contribution is 2.23. The molecule has 0 saturated heterocycles. The van der Waals surface area contributed by atoms with Gasteiger partial charge in [0.15, 0.2) is 0 Å². The van der Waals surface area contributed by atoms with Gasteiger partial charge in [0.25, 0.3) is 5.91 Å². The highest BCUT2D eigenvalue weighted by molar-refractivity contribution is 7.98. The number of hydrogen-bond donors (Lipinski definition) is 3. The molecule has 138 valence electrons. The average molecular weight is 374 g/mol. The number of rotatable bonds is 6. The number of carbonyl (C=O) groups is 2. The first-order valence-corrected chi connectivity index (χ1v) is 9.82. The Hall–Kier alpha value is -2.32. The van der Waals surface area contributed by atoms with Crippen LogP contribution in [0, 0.1) is 0 Å². The van der Waals surface area contributed by atoms with Gasteiger partial charge in [-0.3, -0.25) is 9.59 Å². The summed E-state index contributed by atoms with van der Waals surface area (Å²) in [5, 5.41) is 10.0. The van der Waals surface area contributed by atoms with Gasteiger partial charge in [0.2, 0.25) is 5.91 Å². The number of fused-ring (bicyclic) bond motifs is 1. The first-order valence-electron chi connectivity index (χ1n) is 8.43. The number of hydrogen-bond acceptors (Lipinski definition) is 5. The second-order valence-corrected chi connectivity index (χ2v) is 7.24. The number of amides is 2. The lowest BCUT2D eigenvalue weighted by atomic mass is 10.1. The number of benzene rings is 1. The lowest BCUT2D eigenvalue weighted by Crippen LogP contribution is -2.42. The van der Waals surface area contributed by atoms with Crippen molar-refractivity contribution >= 4 is 23.6 Å². The number of nitrogens with zero attached hydrogens (tertiary/aromatic N) is 2. The molecule has 0 unspecified atom stereocenters. The summed E-state index contributed by atoms with van der Waals surface area (Å²) in [4.78, 5) is 33.1. The van der Waals surface area contributed by atoms with Crippen LogP contribution in [0.4, 0.5) is 0 Å². The molecule has 1 aliphatic rings. The van der Waals surface area contributed by atoms with Crippen LogP contribution in [0.1, 0.15) is 28.2 Å². The van der Waals surface area contributed by atoms with E-state index in [0.29, 0.717) is 37.3 Å². The zero-order chi connectivity index (χ0) is 18.7. The van der Waals surface area contributed by atoms with Gasteiger partial charge in [-0.05, 0) is 30.6 Å². The summed E-state index contributed by atoms with van der Waals surface area (Å²) in [7, 11) is 0. The van der Waals surface area contributed by atoms with Gasteiger partial charge >= 0.3 is 0 Å². The second-order valence-electron chi connectivity index (χ2n) is 6.26. The molecule has 1 aromatic carbocycles. The number of nitrogens with two attached hydrogens (primary N) is 1. The molecule has 1 aromatic heterocycles. The van der Waals surface area contributed by atoms with E-state index in [4.69, 9.17) is 5.73 Å². The van der Waals surface area contributed by atoms with Crippen LogP contribution in [0.5, 0.6) is 0 Å². The molecule has 0 saturated carbocycles. The van der Waals surface area contributed by atoms with Crippen molar-refractivity contribution in [3.05, 3.63) is 41.2 Å². The van der Waals surface area contributed by atoms with Gasteiger partial charge in [-0.2, -0.15) is 11.8 Å². The van der Waals surface area contributed by atoms with E-state index < -0.39 is 12.0 Å². The molecule has 26 heavy (non-hydrogen) atoms. The first kappa shape index (κ1) is 18.5. The number of thioether (sulfide) groups is 1. The standard InChI is InChI=1S/C18H22N4O3S/c1-26-9-7-15(23)18(25)22-8-6-13-14(10-22)21-17(20-13)12-4-2-11(3-5-12)16(19)24/h2-5,15,23H,6-10H2,1H3,(H2,19,24)(H,20,21)/t15-/m1/s1. The maximum Gasteiger partial charge on any atom is 0.251 e. The van der Waals surface area contributed by atoms with Crippen molar-refractivity contribution in [3.63, 3.8) is 0 Å². The lowest BCUT2D eigenvalue weighted by molar-refractivity contribution is -0.141. The van der Waals surface area contributed by atoms with Crippen molar-refractivity contribution in [3.8, 4) is 11.4 Å². The van der Waals surface area contributed by atoms with E-state index in [1.165, 1.54) is 0 Å². The zero-order valence-corrected chi connectivity index (χ0v) is 15.4. The molecule has 3 rings (SSSR count). The third kappa shape index (κ3) is 3.91. The number of aromatic amines is 1. The highest BCUT2D eigenvalue weighted by Gasteiger charge is 2.27. The fourth-order valence-electron chi connectivity index (χ4n) is 2.97. The molecular formula is C18H22N4O3S. The van der Waals surface area contributed by atoms with Gasteiger partial charge in [0.05, 0.1) is 17.9 Å². The Kier molecular flexibility index (Phi) is 5.63. The third-order valence-electron chi connectivity index (χ3n) is 4.47. The number of carbonyl (C=O) groups excluding carboxylic acids is 2. The van der Waals surface area contributed by atoms with Gasteiger partial charge in [0, 0.05) is 24.1 Å². The Morgan fingerprint density at radius 3 is 2.77 bits per heavy atom. The van der Waals surface area contributed by atoms with Crippen LogP contribution in [0.15, 0.2) is 24.3 Å². The van der Waals surface area contributed by atoms with Crippen LogP contribution in [-0.4, -0.2) is 56.4 Å². The summed E-state index contributed by atoms with van der Waals surface area (Å²) in [6.07, 6.45) is 2.11. The Bertz CT molecular complexity index is 803. The number of imidazole rings is 1. The molecule has 4 N–H and O–H groups in total. The van der Waals surface area contributed by atoms with Crippen molar-refractivity contribution in [2.45, 2.75) is 25.5 Å². The number of aromatic nitrogens is 2. The third-order valence-corrected chi connectivity index (χ3v) is 5.11. The van der Waals surface area contributed by atoms with E-state index in [1.54, 1.807) is 40.9 Å². The zero-order valence-electron chi connectivity index (χ0n) is 14.6. The Balaban J connectivity index is 1.72. The van der Waals surface area contributed by atoms with Crippen LogP contribution in [0.2, 0.25) is 0 Å². The quantitative estimate of drug-likeness (QED) is 0.703. The molecule has 7 nitrogen and oxygen atoms in total. The molecule has 2 heterocycles. The largest absolute Gasteiger partial charge is 0.383 e. The normalized spacial score (nSPS) is 14.8. The number of aliphatic hydroxyl groups is 1. The lowest BCUT2D eigenvalue weighted by Gasteiger charge is -2.28. The predicted octanol–water partition coefficient (Wildman–Crippen LogP) is 1.17. The first-order chi connectivity index (χ1) is 12.5. The fraction of sp³-hybridized carbons (Fsp3) is 0.389. The van der Waals surface area contributed by atoms with Crippen LogP contribution in [-0.2, 0) is 17.8 Å². The average Bonchev–Trinajstić information content (AvgIpc) is 3.08. The van der Waals surface area contributed by atoms with Gasteiger partial charge < -0.3 is 20.7 Å². The summed E-state index contributed by atoms with van der Waals surface area (Å²) in [5.41, 5.74) is 8.37. The summed E-state index contributed by atoms with van der Waals surface area (Å²) >= 11 is 1.61.